The first-order valence-corrected chi connectivity index (χ1v) is 7.34. The van der Waals surface area contributed by atoms with Gasteiger partial charge >= 0.3 is 0 Å². The Labute approximate surface area is 115 Å². The van der Waals surface area contributed by atoms with Crippen molar-refractivity contribution in [3.63, 3.8) is 0 Å². The highest BCUT2D eigenvalue weighted by Gasteiger charge is 2.06. The molecule has 1 aromatic rings. The van der Waals surface area contributed by atoms with Crippen LogP contribution in [0.2, 0.25) is 0 Å². The second-order valence-electron chi connectivity index (χ2n) is 4.75. The zero-order valence-corrected chi connectivity index (χ0v) is 12.4. The molecule has 0 radical (unpaired) electrons. The van der Waals surface area contributed by atoms with Gasteiger partial charge in [0.15, 0.2) is 0 Å². The molecule has 0 amide bonds. The predicted molar refractivity (Wildman–Crippen MR) is 78.7 cm³/mol. The predicted octanol–water partition coefficient (Wildman–Crippen LogP) is 2.96. The van der Waals surface area contributed by atoms with Crippen LogP contribution in [0.4, 0.5) is 0 Å². The molecule has 1 unspecified atom stereocenters. The summed E-state index contributed by atoms with van der Waals surface area (Å²) < 4.78 is 0. The number of hydrogen-bond donors (Lipinski definition) is 1. The normalized spacial score (nSPS) is 12.3. The van der Waals surface area contributed by atoms with Crippen LogP contribution >= 0.6 is 11.3 Å². The van der Waals surface area contributed by atoms with Gasteiger partial charge in [0.2, 0.25) is 0 Å². The lowest BCUT2D eigenvalue weighted by Crippen LogP contribution is -2.23. The van der Waals surface area contributed by atoms with Gasteiger partial charge in [-0.05, 0) is 25.1 Å². The fourth-order valence-corrected chi connectivity index (χ4v) is 2.69. The second-order valence-corrected chi connectivity index (χ2v) is 5.92. The maximum Gasteiger partial charge on any atom is 0.0771 e. The Morgan fingerprint density at radius 1 is 1.44 bits per heavy atom. The zero-order chi connectivity index (χ0) is 13.4. The third-order valence-electron chi connectivity index (χ3n) is 2.86. The van der Waals surface area contributed by atoms with Crippen LogP contribution in [0, 0.1) is 17.8 Å². The summed E-state index contributed by atoms with van der Waals surface area (Å²) in [4.78, 5) is 4.81. The molecule has 3 heteroatoms. The topological polar surface area (TPSA) is 23.5 Å². The van der Waals surface area contributed by atoms with Crippen molar-refractivity contribution < 1.29 is 5.11 Å². The standard InChI is InChI=1S/C15H23NOS/c1-4-13(2)11-16(3)12-15-9-8-14(18-15)7-5-6-10-17/h8-9,13,17H,4,6,10-12H2,1-3H3. The molecule has 0 fully saturated rings. The van der Waals surface area contributed by atoms with Crippen LogP contribution in [0.3, 0.4) is 0 Å². The van der Waals surface area contributed by atoms with Gasteiger partial charge in [-0.1, -0.05) is 32.1 Å². The van der Waals surface area contributed by atoms with Gasteiger partial charge in [-0.25, -0.2) is 0 Å². The molecule has 100 valence electrons. The Morgan fingerprint density at radius 3 is 2.89 bits per heavy atom. The van der Waals surface area contributed by atoms with Crippen LogP contribution in [-0.4, -0.2) is 30.2 Å². The Balaban J connectivity index is 2.46. The van der Waals surface area contributed by atoms with E-state index in [1.54, 1.807) is 11.3 Å². The van der Waals surface area contributed by atoms with Crippen molar-refractivity contribution in [3.05, 3.63) is 21.9 Å². The van der Waals surface area contributed by atoms with Gasteiger partial charge in [0.1, 0.15) is 0 Å². The summed E-state index contributed by atoms with van der Waals surface area (Å²) in [7, 11) is 2.17. The van der Waals surface area contributed by atoms with Gasteiger partial charge in [0.25, 0.3) is 0 Å². The van der Waals surface area contributed by atoms with E-state index >= 15 is 0 Å². The number of aliphatic hydroxyl groups is 1. The van der Waals surface area contributed by atoms with E-state index < -0.39 is 0 Å². The first kappa shape index (κ1) is 15.2. The van der Waals surface area contributed by atoms with Crippen LogP contribution in [0.15, 0.2) is 12.1 Å². The summed E-state index contributed by atoms with van der Waals surface area (Å²) in [6, 6.07) is 4.22. The molecule has 0 aliphatic rings. The van der Waals surface area contributed by atoms with Crippen LogP contribution in [0.1, 0.15) is 36.4 Å². The molecular formula is C15H23NOS. The van der Waals surface area contributed by atoms with Crippen molar-refractivity contribution in [2.24, 2.45) is 5.92 Å². The molecule has 1 N–H and O–H groups in total. The molecule has 0 aliphatic heterocycles. The van der Waals surface area contributed by atoms with Crippen molar-refractivity contribution in [1.82, 2.24) is 4.90 Å². The lowest BCUT2D eigenvalue weighted by atomic mass is 10.1. The monoisotopic (exact) mass is 265 g/mol. The molecule has 1 aromatic heterocycles. The highest BCUT2D eigenvalue weighted by atomic mass is 32.1. The summed E-state index contributed by atoms with van der Waals surface area (Å²) >= 11 is 1.75. The van der Waals surface area contributed by atoms with E-state index in [9.17, 15) is 0 Å². The molecule has 18 heavy (non-hydrogen) atoms. The minimum atomic E-state index is 0.142. The Morgan fingerprint density at radius 2 is 2.22 bits per heavy atom. The summed E-state index contributed by atoms with van der Waals surface area (Å²) in [5.41, 5.74) is 0. The fraction of sp³-hybridized carbons (Fsp3) is 0.600. The molecule has 0 aliphatic carbocycles. The average Bonchev–Trinajstić information content (AvgIpc) is 2.76. The number of aliphatic hydroxyl groups excluding tert-OH is 1. The molecule has 1 heterocycles. The lowest BCUT2D eigenvalue weighted by Gasteiger charge is -2.19. The number of rotatable bonds is 6. The van der Waals surface area contributed by atoms with Crippen molar-refractivity contribution in [2.45, 2.75) is 33.2 Å². The van der Waals surface area contributed by atoms with Gasteiger partial charge in [-0.3, -0.25) is 0 Å². The van der Waals surface area contributed by atoms with Gasteiger partial charge in [0.05, 0.1) is 11.5 Å². The Hall–Kier alpha value is -0.820. The Kier molecular flexibility index (Phi) is 7.04. The summed E-state index contributed by atoms with van der Waals surface area (Å²) in [6.45, 7) is 6.80. The minimum Gasteiger partial charge on any atom is -0.395 e. The van der Waals surface area contributed by atoms with E-state index in [1.165, 1.54) is 11.3 Å². The van der Waals surface area contributed by atoms with E-state index in [4.69, 9.17) is 5.11 Å². The van der Waals surface area contributed by atoms with Crippen LogP contribution in [0.5, 0.6) is 0 Å². The highest BCUT2D eigenvalue weighted by molar-refractivity contribution is 7.12. The number of hydrogen-bond acceptors (Lipinski definition) is 3. The molecule has 1 atom stereocenters. The first-order chi connectivity index (χ1) is 8.65. The van der Waals surface area contributed by atoms with E-state index in [2.05, 4.69) is 49.8 Å². The number of thiophene rings is 1. The van der Waals surface area contributed by atoms with Crippen molar-refractivity contribution in [2.75, 3.05) is 20.2 Å². The SMILES string of the molecule is CCC(C)CN(C)Cc1ccc(C#CCCO)s1. The van der Waals surface area contributed by atoms with E-state index in [0.717, 1.165) is 23.9 Å². The summed E-state index contributed by atoms with van der Waals surface area (Å²) in [5.74, 6) is 6.79. The molecule has 0 bridgehead atoms. The quantitative estimate of drug-likeness (QED) is 0.799. The maximum absolute atomic E-state index is 8.67. The van der Waals surface area contributed by atoms with Gasteiger partial charge in [0, 0.05) is 24.4 Å². The smallest absolute Gasteiger partial charge is 0.0771 e. The zero-order valence-electron chi connectivity index (χ0n) is 11.6. The van der Waals surface area contributed by atoms with E-state index in [1.807, 2.05) is 0 Å². The van der Waals surface area contributed by atoms with Crippen molar-refractivity contribution >= 4 is 11.3 Å². The Bertz CT molecular complexity index is 402. The molecule has 0 saturated heterocycles. The minimum absolute atomic E-state index is 0.142. The third kappa shape index (κ3) is 5.68. The van der Waals surface area contributed by atoms with Crippen LogP contribution in [-0.2, 0) is 6.54 Å². The van der Waals surface area contributed by atoms with E-state index in [-0.39, 0.29) is 6.61 Å². The largest absolute Gasteiger partial charge is 0.395 e. The summed E-state index contributed by atoms with van der Waals surface area (Å²) in [6.07, 6.45) is 1.79. The average molecular weight is 265 g/mol. The summed E-state index contributed by atoms with van der Waals surface area (Å²) in [5, 5.41) is 8.67. The van der Waals surface area contributed by atoms with Gasteiger partial charge in [-0.2, -0.15) is 0 Å². The van der Waals surface area contributed by atoms with E-state index in [0.29, 0.717) is 6.42 Å². The highest BCUT2D eigenvalue weighted by Crippen LogP contribution is 2.17. The number of nitrogens with zero attached hydrogens (tertiary/aromatic N) is 1. The lowest BCUT2D eigenvalue weighted by molar-refractivity contribution is 0.277. The third-order valence-corrected chi connectivity index (χ3v) is 3.84. The van der Waals surface area contributed by atoms with Crippen molar-refractivity contribution in [3.8, 4) is 11.8 Å². The first-order valence-electron chi connectivity index (χ1n) is 6.52. The molecule has 0 saturated carbocycles. The molecule has 0 aromatic carbocycles. The molecule has 1 rings (SSSR count). The van der Waals surface area contributed by atoms with Crippen LogP contribution in [0.25, 0.3) is 0 Å². The van der Waals surface area contributed by atoms with Crippen molar-refractivity contribution in [1.29, 1.82) is 0 Å². The van der Waals surface area contributed by atoms with Crippen LogP contribution < -0.4 is 0 Å². The maximum atomic E-state index is 8.67. The second kappa shape index (κ2) is 8.31. The van der Waals surface area contributed by atoms with Gasteiger partial charge < -0.3 is 10.0 Å². The fourth-order valence-electron chi connectivity index (χ4n) is 1.73. The molecule has 0 spiro atoms. The molecule has 2 nitrogen and oxygen atoms in total. The van der Waals surface area contributed by atoms with Gasteiger partial charge in [-0.15, -0.1) is 11.3 Å². The molecular weight excluding hydrogens is 242 g/mol.